The largest absolute Gasteiger partial charge is 0.606 e. The van der Waals surface area contributed by atoms with Gasteiger partial charge in [0.05, 0.1) is 9.79 Å². The fourth-order valence-electron chi connectivity index (χ4n) is 1.66. The highest BCUT2D eigenvalue weighted by atomic mass is 35.5. The van der Waals surface area contributed by atoms with Gasteiger partial charge in [0.1, 0.15) is 0 Å². The molecule has 1 unspecified atom stereocenters. The Bertz CT molecular complexity index is 601. The third-order valence-corrected chi connectivity index (χ3v) is 5.79. The van der Waals surface area contributed by atoms with Crippen LogP contribution in [0.4, 0.5) is 0 Å². The number of hydrogen-bond acceptors (Lipinski definition) is 2. The summed E-state index contributed by atoms with van der Waals surface area (Å²) in [6.45, 7) is 0. The number of rotatable bonds is 0. The molecule has 0 N–H and O–H groups in total. The van der Waals surface area contributed by atoms with Crippen molar-refractivity contribution in [3.63, 3.8) is 0 Å². The van der Waals surface area contributed by atoms with Gasteiger partial charge in [-0.2, -0.15) is 0 Å². The molecule has 0 radical (unpaired) electrons. The van der Waals surface area contributed by atoms with Crippen LogP contribution in [0, 0.1) is 0 Å². The fraction of sp³-hybridized carbons (Fsp3) is 0. The van der Waals surface area contributed by atoms with Crippen molar-refractivity contribution in [2.24, 2.45) is 0 Å². The summed E-state index contributed by atoms with van der Waals surface area (Å²) in [5.74, 6) is 0. The van der Waals surface area contributed by atoms with Gasteiger partial charge in [-0.15, -0.1) is 0 Å². The Labute approximate surface area is 116 Å². The zero-order valence-corrected chi connectivity index (χ0v) is 11.6. The van der Waals surface area contributed by atoms with E-state index >= 15 is 0 Å². The van der Waals surface area contributed by atoms with E-state index < -0.39 is 11.2 Å². The molecule has 0 bridgehead atoms. The minimum atomic E-state index is -1.17. The molecular formula is C12H6Cl2OS2. The highest BCUT2D eigenvalue weighted by Gasteiger charge is 2.29. The van der Waals surface area contributed by atoms with Gasteiger partial charge in [0.25, 0.3) is 0 Å². The standard InChI is InChI=1S/C12H6Cl2OS2/c13-7-2-4-11-10(5-7)16-9-3-1-8(14)6-12(9)17(11)15/h1-6H. The number of fused-ring (bicyclic) bond motifs is 2. The van der Waals surface area contributed by atoms with Crippen molar-refractivity contribution in [3.05, 3.63) is 46.4 Å². The number of hydrogen-bond donors (Lipinski definition) is 0. The first-order valence-corrected chi connectivity index (χ1v) is 7.56. The smallest absolute Gasteiger partial charge is 0.173 e. The normalized spacial score (nSPS) is 17.5. The molecule has 0 saturated heterocycles. The highest BCUT2D eigenvalue weighted by Crippen LogP contribution is 2.45. The topological polar surface area (TPSA) is 23.1 Å². The van der Waals surface area contributed by atoms with E-state index in [1.807, 2.05) is 18.2 Å². The summed E-state index contributed by atoms with van der Waals surface area (Å²) in [6.07, 6.45) is 0. The number of benzene rings is 2. The first-order valence-electron chi connectivity index (χ1n) is 4.84. The van der Waals surface area contributed by atoms with E-state index in [0.717, 1.165) is 19.6 Å². The van der Waals surface area contributed by atoms with Crippen LogP contribution in [0.15, 0.2) is 56.0 Å². The van der Waals surface area contributed by atoms with E-state index in [0.29, 0.717) is 10.0 Å². The maximum atomic E-state index is 12.4. The van der Waals surface area contributed by atoms with Crippen LogP contribution in [0.3, 0.4) is 0 Å². The maximum absolute atomic E-state index is 12.4. The Kier molecular flexibility index (Phi) is 3.05. The lowest BCUT2D eigenvalue weighted by molar-refractivity contribution is 0.590. The molecule has 0 aromatic heterocycles. The van der Waals surface area contributed by atoms with E-state index in [-0.39, 0.29) is 0 Å². The second kappa shape index (κ2) is 4.41. The van der Waals surface area contributed by atoms with Crippen LogP contribution < -0.4 is 0 Å². The summed E-state index contributed by atoms with van der Waals surface area (Å²) >= 11 is 12.3. The predicted molar refractivity (Wildman–Crippen MR) is 71.7 cm³/mol. The van der Waals surface area contributed by atoms with E-state index in [1.54, 1.807) is 30.0 Å². The van der Waals surface area contributed by atoms with Crippen molar-refractivity contribution in [1.82, 2.24) is 0 Å². The molecule has 2 aromatic rings. The van der Waals surface area contributed by atoms with Crippen molar-refractivity contribution in [1.29, 1.82) is 0 Å². The minimum absolute atomic E-state index is 0.607. The Morgan fingerprint density at radius 1 is 0.882 bits per heavy atom. The zero-order valence-electron chi connectivity index (χ0n) is 8.44. The lowest BCUT2D eigenvalue weighted by Crippen LogP contribution is -2.09. The molecule has 17 heavy (non-hydrogen) atoms. The SMILES string of the molecule is [O-][S+]1c2ccc(Cl)cc2Sc2ccc(Cl)cc21. The molecular weight excluding hydrogens is 295 g/mol. The lowest BCUT2D eigenvalue weighted by Gasteiger charge is -2.21. The molecule has 1 heterocycles. The molecule has 1 aliphatic rings. The molecule has 86 valence electrons. The first-order chi connectivity index (χ1) is 8.15. The predicted octanol–water partition coefficient (Wildman–Crippen LogP) is 4.62. The average molecular weight is 301 g/mol. The monoisotopic (exact) mass is 300 g/mol. The quantitative estimate of drug-likeness (QED) is 0.662. The van der Waals surface area contributed by atoms with Crippen molar-refractivity contribution >= 4 is 46.1 Å². The second-order valence-corrected chi connectivity index (χ2v) is 6.93. The summed E-state index contributed by atoms with van der Waals surface area (Å²) in [6, 6.07) is 10.9. The molecule has 3 rings (SSSR count). The van der Waals surface area contributed by atoms with Gasteiger partial charge in [0.2, 0.25) is 0 Å². The van der Waals surface area contributed by atoms with Gasteiger partial charge in [-0.25, -0.2) is 0 Å². The van der Waals surface area contributed by atoms with Crippen molar-refractivity contribution < 1.29 is 4.55 Å². The summed E-state index contributed by atoms with van der Waals surface area (Å²) in [7, 11) is 0. The summed E-state index contributed by atoms with van der Waals surface area (Å²) < 4.78 is 12.4. The van der Waals surface area contributed by atoms with Crippen LogP contribution >= 0.6 is 35.0 Å². The molecule has 5 heteroatoms. The number of halogens is 2. The molecule has 1 nitrogen and oxygen atoms in total. The van der Waals surface area contributed by atoms with Crippen molar-refractivity contribution in [2.75, 3.05) is 0 Å². The van der Waals surface area contributed by atoms with Crippen LogP contribution in [-0.2, 0) is 11.2 Å². The van der Waals surface area contributed by atoms with E-state index in [1.165, 1.54) is 0 Å². The van der Waals surface area contributed by atoms with Gasteiger partial charge in [-0.1, -0.05) is 35.0 Å². The molecule has 1 atom stereocenters. The van der Waals surface area contributed by atoms with Gasteiger partial charge in [-0.3, -0.25) is 0 Å². The molecule has 2 aromatic carbocycles. The zero-order chi connectivity index (χ0) is 12.0. The first kappa shape index (κ1) is 11.8. The Balaban J connectivity index is 2.17. The summed E-state index contributed by atoms with van der Waals surface area (Å²) in [5.41, 5.74) is 0. The molecule has 0 aliphatic carbocycles. The van der Waals surface area contributed by atoms with E-state index in [9.17, 15) is 4.55 Å². The van der Waals surface area contributed by atoms with E-state index in [2.05, 4.69) is 0 Å². The molecule has 0 saturated carbocycles. The van der Waals surface area contributed by atoms with Crippen LogP contribution in [0.5, 0.6) is 0 Å². The van der Waals surface area contributed by atoms with Crippen molar-refractivity contribution in [3.8, 4) is 0 Å². The van der Waals surface area contributed by atoms with Crippen LogP contribution in [-0.4, -0.2) is 4.55 Å². The summed E-state index contributed by atoms with van der Waals surface area (Å²) in [5, 5.41) is 1.26. The van der Waals surface area contributed by atoms with Gasteiger partial charge in [0, 0.05) is 27.3 Å². The molecule has 0 amide bonds. The molecule has 1 aliphatic heterocycles. The van der Waals surface area contributed by atoms with Gasteiger partial charge in [-0.05, 0) is 30.3 Å². The minimum Gasteiger partial charge on any atom is -0.606 e. The van der Waals surface area contributed by atoms with Gasteiger partial charge in [0.15, 0.2) is 9.79 Å². The van der Waals surface area contributed by atoms with Crippen molar-refractivity contribution in [2.45, 2.75) is 19.6 Å². The third kappa shape index (κ3) is 2.07. The fourth-order valence-corrected chi connectivity index (χ4v) is 4.88. The Morgan fingerprint density at radius 2 is 1.59 bits per heavy atom. The summed E-state index contributed by atoms with van der Waals surface area (Å²) in [4.78, 5) is 3.50. The van der Waals surface area contributed by atoms with E-state index in [4.69, 9.17) is 23.2 Å². The van der Waals surface area contributed by atoms with Gasteiger partial charge < -0.3 is 4.55 Å². The third-order valence-electron chi connectivity index (χ3n) is 2.43. The maximum Gasteiger partial charge on any atom is 0.173 e. The van der Waals surface area contributed by atoms with Crippen LogP contribution in [0.25, 0.3) is 0 Å². The molecule has 0 fully saturated rings. The van der Waals surface area contributed by atoms with Gasteiger partial charge >= 0.3 is 0 Å². The molecule has 0 spiro atoms. The average Bonchev–Trinajstić information content (AvgIpc) is 2.30. The van der Waals surface area contributed by atoms with Crippen LogP contribution in [0.1, 0.15) is 0 Å². The Hall–Kier alpha value is -0.320. The Morgan fingerprint density at radius 3 is 2.41 bits per heavy atom. The highest BCUT2D eigenvalue weighted by molar-refractivity contribution is 8.02. The lowest BCUT2D eigenvalue weighted by atomic mass is 10.3. The van der Waals surface area contributed by atoms with Crippen LogP contribution in [0.2, 0.25) is 10.0 Å². The second-order valence-electron chi connectivity index (χ2n) is 3.55.